The van der Waals surface area contributed by atoms with Gasteiger partial charge in [0.05, 0.1) is 13.2 Å². The van der Waals surface area contributed by atoms with Crippen molar-refractivity contribution in [3.05, 3.63) is 0 Å². The minimum absolute atomic E-state index is 0. The molecule has 0 heterocycles. The summed E-state index contributed by atoms with van der Waals surface area (Å²) >= 11 is 0. The first-order valence-corrected chi connectivity index (χ1v) is 8.28. The highest BCUT2D eigenvalue weighted by atomic mass is 127. The standard InChI is InChI=1S/C16H35N3O2.HI/c1-5-6-7-10-15(2)19-16(17-3)18-11-8-9-12-21-14-13-20-4;/h15H,5-14H2,1-4H3,(H2,17,18,19);1H. The van der Waals surface area contributed by atoms with Gasteiger partial charge in [-0.1, -0.05) is 26.2 Å². The quantitative estimate of drug-likeness (QED) is 0.204. The zero-order valence-corrected chi connectivity index (χ0v) is 17.2. The van der Waals surface area contributed by atoms with Gasteiger partial charge in [-0.15, -0.1) is 24.0 Å². The van der Waals surface area contributed by atoms with Crippen LogP contribution in [0.15, 0.2) is 4.99 Å². The van der Waals surface area contributed by atoms with Crippen LogP contribution in [-0.4, -0.2) is 52.5 Å². The molecule has 0 bridgehead atoms. The first-order valence-electron chi connectivity index (χ1n) is 8.28. The van der Waals surface area contributed by atoms with Crippen LogP contribution in [-0.2, 0) is 9.47 Å². The van der Waals surface area contributed by atoms with Gasteiger partial charge in [0.15, 0.2) is 5.96 Å². The molecule has 0 aromatic heterocycles. The summed E-state index contributed by atoms with van der Waals surface area (Å²) < 4.78 is 10.4. The van der Waals surface area contributed by atoms with Crippen molar-refractivity contribution in [2.75, 3.05) is 40.5 Å². The van der Waals surface area contributed by atoms with Crippen LogP contribution in [0.2, 0.25) is 0 Å². The number of hydrogen-bond acceptors (Lipinski definition) is 3. The molecule has 0 aliphatic rings. The topological polar surface area (TPSA) is 54.9 Å². The van der Waals surface area contributed by atoms with Gasteiger partial charge >= 0.3 is 0 Å². The van der Waals surface area contributed by atoms with Crippen LogP contribution in [0.25, 0.3) is 0 Å². The average Bonchev–Trinajstić information content (AvgIpc) is 2.49. The molecular formula is C16H36IN3O2. The molecule has 2 N–H and O–H groups in total. The molecule has 0 aliphatic heterocycles. The highest BCUT2D eigenvalue weighted by Gasteiger charge is 2.04. The van der Waals surface area contributed by atoms with Crippen molar-refractivity contribution in [3.63, 3.8) is 0 Å². The molecule has 0 spiro atoms. The summed E-state index contributed by atoms with van der Waals surface area (Å²) in [7, 11) is 3.51. The molecule has 1 unspecified atom stereocenters. The average molecular weight is 429 g/mol. The van der Waals surface area contributed by atoms with Crippen molar-refractivity contribution in [1.82, 2.24) is 10.6 Å². The molecule has 0 saturated carbocycles. The molecule has 0 saturated heterocycles. The number of ether oxygens (including phenoxy) is 2. The van der Waals surface area contributed by atoms with E-state index in [-0.39, 0.29) is 24.0 Å². The van der Waals surface area contributed by atoms with Gasteiger partial charge in [0.2, 0.25) is 0 Å². The number of guanidine groups is 1. The molecule has 0 fully saturated rings. The number of hydrogen-bond donors (Lipinski definition) is 2. The monoisotopic (exact) mass is 429 g/mol. The van der Waals surface area contributed by atoms with Crippen molar-refractivity contribution in [3.8, 4) is 0 Å². The van der Waals surface area contributed by atoms with Gasteiger partial charge in [0.1, 0.15) is 0 Å². The Morgan fingerprint density at radius 3 is 2.50 bits per heavy atom. The Balaban J connectivity index is 0. The summed E-state index contributed by atoms with van der Waals surface area (Å²) in [5, 5.41) is 6.79. The number of rotatable bonds is 13. The number of halogens is 1. The van der Waals surface area contributed by atoms with E-state index in [1.807, 2.05) is 7.05 Å². The number of aliphatic imine (C=N–C) groups is 1. The fourth-order valence-corrected chi connectivity index (χ4v) is 1.98. The Morgan fingerprint density at radius 2 is 1.86 bits per heavy atom. The summed E-state index contributed by atoms with van der Waals surface area (Å²) in [6.07, 6.45) is 7.19. The van der Waals surface area contributed by atoms with Crippen molar-refractivity contribution in [1.29, 1.82) is 0 Å². The van der Waals surface area contributed by atoms with Gasteiger partial charge in [-0.2, -0.15) is 0 Å². The second-order valence-electron chi connectivity index (χ2n) is 5.35. The van der Waals surface area contributed by atoms with E-state index in [0.29, 0.717) is 19.3 Å². The van der Waals surface area contributed by atoms with Crippen LogP contribution in [0.1, 0.15) is 52.4 Å². The van der Waals surface area contributed by atoms with Gasteiger partial charge in [0.25, 0.3) is 0 Å². The summed E-state index contributed by atoms with van der Waals surface area (Å²) in [5.74, 6) is 0.902. The molecule has 5 nitrogen and oxygen atoms in total. The number of methoxy groups -OCH3 is 1. The van der Waals surface area contributed by atoms with E-state index in [1.165, 1.54) is 25.7 Å². The molecule has 6 heteroatoms. The van der Waals surface area contributed by atoms with Crippen molar-refractivity contribution < 1.29 is 9.47 Å². The van der Waals surface area contributed by atoms with Gasteiger partial charge in [-0.3, -0.25) is 4.99 Å². The van der Waals surface area contributed by atoms with E-state index in [1.54, 1.807) is 7.11 Å². The molecule has 0 aromatic carbocycles. The predicted octanol–water partition coefficient (Wildman–Crippen LogP) is 3.18. The molecule has 0 aromatic rings. The highest BCUT2D eigenvalue weighted by Crippen LogP contribution is 2.02. The van der Waals surface area contributed by atoms with Crippen LogP contribution >= 0.6 is 24.0 Å². The van der Waals surface area contributed by atoms with E-state index in [0.717, 1.165) is 32.0 Å². The SMILES string of the molecule is CCCCCC(C)NC(=NC)NCCCCOCCOC.I. The van der Waals surface area contributed by atoms with E-state index >= 15 is 0 Å². The summed E-state index contributed by atoms with van der Waals surface area (Å²) in [6.45, 7) is 7.52. The lowest BCUT2D eigenvalue weighted by Crippen LogP contribution is -2.42. The third kappa shape index (κ3) is 16.3. The van der Waals surface area contributed by atoms with Crippen LogP contribution in [0.4, 0.5) is 0 Å². The molecule has 134 valence electrons. The smallest absolute Gasteiger partial charge is 0.191 e. The number of nitrogens with one attached hydrogen (secondary N) is 2. The lowest BCUT2D eigenvalue weighted by Gasteiger charge is -2.17. The zero-order chi connectivity index (χ0) is 15.8. The Bertz CT molecular complexity index is 254. The molecule has 0 amide bonds. The lowest BCUT2D eigenvalue weighted by molar-refractivity contribution is 0.0689. The fraction of sp³-hybridized carbons (Fsp3) is 0.938. The maximum Gasteiger partial charge on any atom is 0.191 e. The summed E-state index contributed by atoms with van der Waals surface area (Å²) in [4.78, 5) is 4.26. The van der Waals surface area contributed by atoms with Gasteiger partial charge in [0, 0.05) is 33.4 Å². The highest BCUT2D eigenvalue weighted by molar-refractivity contribution is 14.0. The fourth-order valence-electron chi connectivity index (χ4n) is 1.98. The lowest BCUT2D eigenvalue weighted by atomic mass is 10.1. The van der Waals surface area contributed by atoms with Gasteiger partial charge in [-0.05, 0) is 26.2 Å². The third-order valence-electron chi connectivity index (χ3n) is 3.29. The molecule has 0 aliphatic carbocycles. The molecule has 0 rings (SSSR count). The summed E-state index contributed by atoms with van der Waals surface area (Å²) in [5.41, 5.74) is 0. The number of nitrogens with zero attached hydrogens (tertiary/aromatic N) is 1. The first kappa shape index (κ1) is 24.2. The minimum Gasteiger partial charge on any atom is -0.382 e. The maximum absolute atomic E-state index is 5.43. The Labute approximate surface area is 154 Å². The maximum atomic E-state index is 5.43. The van der Waals surface area contributed by atoms with Crippen molar-refractivity contribution >= 4 is 29.9 Å². The Morgan fingerprint density at radius 1 is 1.09 bits per heavy atom. The van der Waals surface area contributed by atoms with Crippen LogP contribution in [0, 0.1) is 0 Å². The predicted molar refractivity (Wildman–Crippen MR) is 105 cm³/mol. The molecule has 22 heavy (non-hydrogen) atoms. The van der Waals surface area contributed by atoms with E-state index < -0.39 is 0 Å². The van der Waals surface area contributed by atoms with Crippen LogP contribution in [0.5, 0.6) is 0 Å². The zero-order valence-electron chi connectivity index (χ0n) is 14.8. The minimum atomic E-state index is 0. The van der Waals surface area contributed by atoms with Gasteiger partial charge < -0.3 is 20.1 Å². The molecule has 1 atom stereocenters. The van der Waals surface area contributed by atoms with E-state index in [4.69, 9.17) is 9.47 Å². The Hall–Kier alpha value is -0.0800. The normalized spacial score (nSPS) is 12.6. The van der Waals surface area contributed by atoms with Crippen molar-refractivity contribution in [2.45, 2.75) is 58.4 Å². The van der Waals surface area contributed by atoms with Crippen LogP contribution in [0.3, 0.4) is 0 Å². The second-order valence-corrected chi connectivity index (χ2v) is 5.35. The van der Waals surface area contributed by atoms with E-state index in [9.17, 15) is 0 Å². The van der Waals surface area contributed by atoms with Gasteiger partial charge in [-0.25, -0.2) is 0 Å². The summed E-state index contributed by atoms with van der Waals surface area (Å²) in [6, 6.07) is 0.472. The van der Waals surface area contributed by atoms with Crippen molar-refractivity contribution in [2.24, 2.45) is 4.99 Å². The third-order valence-corrected chi connectivity index (χ3v) is 3.29. The largest absolute Gasteiger partial charge is 0.382 e. The van der Waals surface area contributed by atoms with E-state index in [2.05, 4.69) is 29.5 Å². The number of unbranched alkanes of at least 4 members (excludes halogenated alkanes) is 3. The first-order chi connectivity index (χ1) is 10.2. The second kappa shape index (κ2) is 19.0. The molecule has 0 radical (unpaired) electrons. The molecular weight excluding hydrogens is 393 g/mol. The van der Waals surface area contributed by atoms with Crippen LogP contribution < -0.4 is 10.6 Å². The Kier molecular flexibility index (Phi) is 20.8.